The van der Waals surface area contributed by atoms with Gasteiger partial charge in [-0.15, -0.1) is 0 Å². The first-order valence-corrected chi connectivity index (χ1v) is 22.5. The van der Waals surface area contributed by atoms with E-state index in [2.05, 4.69) is 234 Å². The quantitative estimate of drug-likeness (QED) is 0.156. The lowest BCUT2D eigenvalue weighted by molar-refractivity contribution is 0.669. The second-order valence-electron chi connectivity index (χ2n) is 17.1. The number of anilines is 3. The van der Waals surface area contributed by atoms with Crippen LogP contribution in [0.25, 0.3) is 115 Å². The topological polar surface area (TPSA) is 34.5 Å². The monoisotopic (exact) mass is 842 g/mol. The number of nitrogens with zero attached hydrogens (tertiary/aromatic N) is 2. The zero-order valence-corrected chi connectivity index (χ0v) is 35.7. The van der Waals surface area contributed by atoms with Crippen LogP contribution in [0.2, 0.25) is 0 Å². The molecule has 0 spiro atoms. The van der Waals surface area contributed by atoms with Gasteiger partial charge in [0.25, 0.3) is 0 Å². The van der Waals surface area contributed by atoms with E-state index in [1.54, 1.807) is 0 Å². The highest BCUT2D eigenvalue weighted by Gasteiger charge is 2.29. The van der Waals surface area contributed by atoms with E-state index < -0.39 is 0 Å². The van der Waals surface area contributed by atoms with E-state index in [0.29, 0.717) is 0 Å². The summed E-state index contributed by atoms with van der Waals surface area (Å²) in [7, 11) is 0. The smallest absolute Gasteiger partial charge is 0.145 e. The summed E-state index contributed by atoms with van der Waals surface area (Å²) in [5.74, 6) is 0. The molecule has 308 valence electrons. The van der Waals surface area contributed by atoms with E-state index in [4.69, 9.17) is 8.83 Å². The minimum atomic E-state index is 0.831. The fourth-order valence-corrected chi connectivity index (χ4v) is 10.8. The maximum atomic E-state index is 7.17. The SMILES string of the molecule is c1ccc(N(c2ccc3c(oc4ccccc43)c2-c2ccccc2-n2c3ccccc3c3ccccc32)c2cc3ccccc3c3ccccc23)c(-c2cccc3oc4ccccc4c23)c1. The molecule has 0 unspecified atom stereocenters. The Morgan fingerprint density at radius 3 is 1.67 bits per heavy atom. The summed E-state index contributed by atoms with van der Waals surface area (Å²) in [4.78, 5) is 2.50. The van der Waals surface area contributed by atoms with Gasteiger partial charge in [-0.25, -0.2) is 0 Å². The van der Waals surface area contributed by atoms with Crippen molar-refractivity contribution in [1.82, 2.24) is 4.57 Å². The highest BCUT2D eigenvalue weighted by Crippen LogP contribution is 2.53. The molecule has 66 heavy (non-hydrogen) atoms. The third kappa shape index (κ3) is 5.33. The third-order valence-electron chi connectivity index (χ3n) is 13.6. The van der Waals surface area contributed by atoms with E-state index in [9.17, 15) is 0 Å². The van der Waals surface area contributed by atoms with Gasteiger partial charge in [0.2, 0.25) is 0 Å². The molecule has 3 aromatic heterocycles. The Kier molecular flexibility index (Phi) is 7.95. The van der Waals surface area contributed by atoms with Crippen LogP contribution < -0.4 is 4.90 Å². The molecule has 0 aliphatic rings. The Morgan fingerprint density at radius 1 is 0.318 bits per heavy atom. The van der Waals surface area contributed by atoms with Crippen LogP contribution in [0.3, 0.4) is 0 Å². The van der Waals surface area contributed by atoms with E-state index in [-0.39, 0.29) is 0 Å². The molecule has 0 saturated carbocycles. The summed E-state index contributed by atoms with van der Waals surface area (Å²) < 4.78 is 16.1. The van der Waals surface area contributed by atoms with Crippen LogP contribution in [-0.4, -0.2) is 4.57 Å². The number of furan rings is 2. The standard InChI is InChI=1S/C62H38N2O2/c1-2-19-40-39(18-1)38-56(42-21-4-3-20-41(40)42)64(53-31-13-7-24-45(53)47-28-17-35-59-60(47)50-27-10-16-34-58(50)65-59)55-37-36-48-46-25-9-15-33-57(46)66-62(48)61(55)49-26-8-14-32-54(49)63-51-29-11-5-22-43(51)44-23-6-12-30-52(44)63/h1-38H. The molecule has 0 bridgehead atoms. The van der Waals surface area contributed by atoms with Gasteiger partial charge in [-0.05, 0) is 82.4 Å². The molecule has 0 radical (unpaired) electrons. The zero-order valence-electron chi connectivity index (χ0n) is 35.7. The molecule has 14 rings (SSSR count). The summed E-state index contributed by atoms with van der Waals surface area (Å²) in [6.45, 7) is 0. The van der Waals surface area contributed by atoms with Gasteiger partial charge >= 0.3 is 0 Å². The minimum absolute atomic E-state index is 0.831. The summed E-state index contributed by atoms with van der Waals surface area (Å²) in [6, 6.07) is 82.8. The van der Waals surface area contributed by atoms with Gasteiger partial charge in [0.15, 0.2) is 0 Å². The molecule has 0 aliphatic carbocycles. The molecule has 0 aliphatic heterocycles. The van der Waals surface area contributed by atoms with Crippen LogP contribution in [0.4, 0.5) is 17.1 Å². The molecular formula is C62H38N2O2. The van der Waals surface area contributed by atoms with Crippen molar-refractivity contribution in [2.75, 3.05) is 4.90 Å². The second kappa shape index (κ2) is 14.3. The Balaban J connectivity index is 1.15. The van der Waals surface area contributed by atoms with Crippen molar-refractivity contribution >= 4 is 104 Å². The van der Waals surface area contributed by atoms with Crippen molar-refractivity contribution in [3.63, 3.8) is 0 Å². The molecule has 0 N–H and O–H groups in total. The molecule has 14 aromatic rings. The highest BCUT2D eigenvalue weighted by molar-refractivity contribution is 6.20. The van der Waals surface area contributed by atoms with Crippen LogP contribution in [-0.2, 0) is 0 Å². The van der Waals surface area contributed by atoms with Crippen LogP contribution in [0.5, 0.6) is 0 Å². The maximum Gasteiger partial charge on any atom is 0.145 e. The first-order valence-electron chi connectivity index (χ1n) is 22.5. The Bertz CT molecular complexity index is 4210. The lowest BCUT2D eigenvalue weighted by atomic mass is 9.93. The third-order valence-corrected chi connectivity index (χ3v) is 13.6. The van der Waals surface area contributed by atoms with E-state index in [1.807, 2.05) is 6.07 Å². The van der Waals surface area contributed by atoms with Crippen molar-refractivity contribution in [2.24, 2.45) is 0 Å². The van der Waals surface area contributed by atoms with Crippen LogP contribution in [0, 0.1) is 0 Å². The average molecular weight is 843 g/mol. The Labute approximate surface area is 379 Å². The van der Waals surface area contributed by atoms with Gasteiger partial charge in [0.05, 0.1) is 39.3 Å². The number of aromatic nitrogens is 1. The van der Waals surface area contributed by atoms with Crippen molar-refractivity contribution in [1.29, 1.82) is 0 Å². The predicted molar refractivity (Wildman–Crippen MR) is 276 cm³/mol. The molecule has 0 atom stereocenters. The van der Waals surface area contributed by atoms with E-state index >= 15 is 0 Å². The normalized spacial score (nSPS) is 11.9. The molecule has 11 aromatic carbocycles. The molecular weight excluding hydrogens is 805 g/mol. The van der Waals surface area contributed by atoms with Gasteiger partial charge in [0, 0.05) is 48.8 Å². The summed E-state index contributed by atoms with van der Waals surface area (Å²) in [5.41, 5.74) is 14.1. The van der Waals surface area contributed by atoms with Crippen molar-refractivity contribution in [2.45, 2.75) is 0 Å². The maximum absolute atomic E-state index is 7.17. The molecule has 4 nitrogen and oxygen atoms in total. The lowest BCUT2D eigenvalue weighted by Gasteiger charge is -2.32. The largest absolute Gasteiger partial charge is 0.456 e. The minimum Gasteiger partial charge on any atom is -0.456 e. The fourth-order valence-electron chi connectivity index (χ4n) is 10.8. The summed E-state index contributed by atoms with van der Waals surface area (Å²) in [5, 5.41) is 11.5. The molecule has 0 amide bonds. The van der Waals surface area contributed by atoms with Gasteiger partial charge < -0.3 is 18.3 Å². The van der Waals surface area contributed by atoms with Gasteiger partial charge in [-0.3, -0.25) is 0 Å². The summed E-state index contributed by atoms with van der Waals surface area (Å²) in [6.07, 6.45) is 0. The summed E-state index contributed by atoms with van der Waals surface area (Å²) >= 11 is 0. The van der Waals surface area contributed by atoms with Crippen LogP contribution >= 0.6 is 0 Å². The van der Waals surface area contributed by atoms with Crippen molar-refractivity contribution in [3.8, 4) is 27.9 Å². The van der Waals surface area contributed by atoms with E-state index in [1.165, 1.54) is 21.5 Å². The van der Waals surface area contributed by atoms with Gasteiger partial charge in [0.1, 0.15) is 22.3 Å². The Hall–Kier alpha value is -8.86. The molecule has 0 fully saturated rings. The first-order chi connectivity index (χ1) is 32.8. The lowest BCUT2D eigenvalue weighted by Crippen LogP contribution is -2.13. The molecule has 0 saturated heterocycles. The van der Waals surface area contributed by atoms with Gasteiger partial charge in [-0.2, -0.15) is 0 Å². The number of fused-ring (bicyclic) bond motifs is 12. The zero-order chi connectivity index (χ0) is 43.3. The highest BCUT2D eigenvalue weighted by atomic mass is 16.3. The van der Waals surface area contributed by atoms with Gasteiger partial charge in [-0.1, -0.05) is 170 Å². The van der Waals surface area contributed by atoms with Crippen molar-refractivity contribution in [3.05, 3.63) is 231 Å². The molecule has 3 heterocycles. The number of rotatable bonds is 6. The second-order valence-corrected chi connectivity index (χ2v) is 17.1. The van der Waals surface area contributed by atoms with E-state index in [0.717, 1.165) is 111 Å². The number of para-hydroxylation sites is 6. The van der Waals surface area contributed by atoms with Crippen LogP contribution in [0.1, 0.15) is 0 Å². The first kappa shape index (κ1) is 36.6. The predicted octanol–water partition coefficient (Wildman–Crippen LogP) is 17.7. The fraction of sp³-hybridized carbons (Fsp3) is 0. The number of hydrogen-bond donors (Lipinski definition) is 0. The number of benzene rings is 11. The Morgan fingerprint density at radius 2 is 0.879 bits per heavy atom. The number of hydrogen-bond acceptors (Lipinski definition) is 3. The molecule has 4 heteroatoms. The average Bonchev–Trinajstić information content (AvgIpc) is 4.06. The van der Waals surface area contributed by atoms with Crippen molar-refractivity contribution < 1.29 is 8.83 Å². The van der Waals surface area contributed by atoms with Crippen LogP contribution in [0.15, 0.2) is 239 Å².